The van der Waals surface area contributed by atoms with Crippen LogP contribution in [-0.2, 0) is 5.88 Å². The fraction of sp³-hybridized carbons (Fsp3) is 0.250. The van der Waals surface area contributed by atoms with Crippen molar-refractivity contribution >= 4 is 23.2 Å². The van der Waals surface area contributed by atoms with Crippen molar-refractivity contribution in [3.05, 3.63) is 17.0 Å². The highest BCUT2D eigenvalue weighted by Gasteiger charge is 1.96. The van der Waals surface area contributed by atoms with E-state index in [-0.39, 0.29) is 0 Å². The summed E-state index contributed by atoms with van der Waals surface area (Å²) in [6.07, 6.45) is 0. The molecule has 0 bridgehead atoms. The van der Waals surface area contributed by atoms with Crippen LogP contribution in [0.3, 0.4) is 0 Å². The van der Waals surface area contributed by atoms with E-state index in [1.54, 1.807) is 6.07 Å². The number of hydrogen-bond acceptors (Lipinski definition) is 2. The standard InChI is InChI=1S/C4H3Cl2NO/c5-2-3-1-4(6)7-8-3/h1H,2H2. The van der Waals surface area contributed by atoms with Crippen molar-refractivity contribution in [3.63, 3.8) is 0 Å². The maximum absolute atomic E-state index is 5.38. The lowest BCUT2D eigenvalue weighted by Gasteiger charge is -1.74. The normalized spacial score (nSPS) is 9.75. The molecule has 0 N–H and O–H groups in total. The molecule has 0 atom stereocenters. The van der Waals surface area contributed by atoms with Gasteiger partial charge in [-0.1, -0.05) is 16.8 Å². The Labute approximate surface area is 56.4 Å². The molecule has 4 heteroatoms. The first-order chi connectivity index (χ1) is 3.83. The summed E-state index contributed by atoms with van der Waals surface area (Å²) in [4.78, 5) is 0. The highest BCUT2D eigenvalue weighted by atomic mass is 35.5. The Morgan fingerprint density at radius 1 is 1.75 bits per heavy atom. The first-order valence-electron chi connectivity index (χ1n) is 2.00. The molecule has 44 valence electrons. The molecule has 0 radical (unpaired) electrons. The maximum atomic E-state index is 5.38. The fourth-order valence-electron chi connectivity index (χ4n) is 0.351. The highest BCUT2D eigenvalue weighted by molar-refractivity contribution is 6.29. The third-order valence-electron chi connectivity index (χ3n) is 0.662. The summed E-state index contributed by atoms with van der Waals surface area (Å²) < 4.78 is 4.60. The molecule has 0 saturated carbocycles. The predicted octanol–water partition coefficient (Wildman–Crippen LogP) is 2.07. The van der Waals surface area contributed by atoms with Gasteiger partial charge in [0.2, 0.25) is 0 Å². The van der Waals surface area contributed by atoms with Gasteiger partial charge in [0.15, 0.2) is 10.9 Å². The van der Waals surface area contributed by atoms with Crippen molar-refractivity contribution in [1.29, 1.82) is 0 Å². The number of nitrogens with zero attached hydrogens (tertiary/aromatic N) is 1. The summed E-state index contributed by atoms with van der Waals surface area (Å²) in [5.74, 6) is 0.913. The lowest BCUT2D eigenvalue weighted by atomic mass is 10.5. The highest BCUT2D eigenvalue weighted by Crippen LogP contribution is 2.09. The van der Waals surface area contributed by atoms with Crippen molar-refractivity contribution in [2.75, 3.05) is 0 Å². The lowest BCUT2D eigenvalue weighted by Crippen LogP contribution is -1.63. The molecule has 0 fully saturated rings. The molecule has 0 aliphatic heterocycles. The molecule has 1 heterocycles. The van der Waals surface area contributed by atoms with Crippen molar-refractivity contribution in [2.45, 2.75) is 5.88 Å². The second-order valence-corrected chi connectivity index (χ2v) is 1.90. The van der Waals surface area contributed by atoms with E-state index in [0.717, 1.165) is 0 Å². The van der Waals surface area contributed by atoms with Crippen molar-refractivity contribution in [3.8, 4) is 0 Å². The topological polar surface area (TPSA) is 26.0 Å². The molecular weight excluding hydrogens is 149 g/mol. The Hall–Kier alpha value is -0.210. The van der Waals surface area contributed by atoms with Gasteiger partial charge in [0, 0.05) is 6.07 Å². The van der Waals surface area contributed by atoms with Crippen LogP contribution in [0.4, 0.5) is 0 Å². The van der Waals surface area contributed by atoms with E-state index in [2.05, 4.69) is 9.68 Å². The minimum Gasteiger partial charge on any atom is -0.359 e. The van der Waals surface area contributed by atoms with Gasteiger partial charge in [0.1, 0.15) is 0 Å². The van der Waals surface area contributed by atoms with Gasteiger partial charge >= 0.3 is 0 Å². The van der Waals surface area contributed by atoms with Gasteiger partial charge in [-0.2, -0.15) is 0 Å². The van der Waals surface area contributed by atoms with Gasteiger partial charge in [-0.3, -0.25) is 0 Å². The Bertz CT molecular complexity index is 174. The first-order valence-corrected chi connectivity index (χ1v) is 2.91. The molecule has 1 aromatic heterocycles. The summed E-state index contributed by atoms with van der Waals surface area (Å²) in [5.41, 5.74) is 0. The van der Waals surface area contributed by atoms with Gasteiger partial charge in [-0.15, -0.1) is 11.6 Å². The zero-order valence-electron chi connectivity index (χ0n) is 3.90. The van der Waals surface area contributed by atoms with Crippen LogP contribution in [0.1, 0.15) is 5.76 Å². The van der Waals surface area contributed by atoms with E-state index in [1.807, 2.05) is 0 Å². The zero-order valence-corrected chi connectivity index (χ0v) is 5.41. The molecule has 0 aliphatic rings. The summed E-state index contributed by atoms with van der Waals surface area (Å²) in [6, 6.07) is 1.58. The van der Waals surface area contributed by atoms with Crippen LogP contribution in [0.25, 0.3) is 0 Å². The summed E-state index contributed by atoms with van der Waals surface area (Å²) in [5, 5.41) is 3.74. The van der Waals surface area contributed by atoms with Crippen LogP contribution in [0, 0.1) is 0 Å². The molecule has 8 heavy (non-hydrogen) atoms. The van der Waals surface area contributed by atoms with Crippen molar-refractivity contribution in [1.82, 2.24) is 5.16 Å². The lowest BCUT2D eigenvalue weighted by molar-refractivity contribution is 0.394. The molecular formula is C4H3Cl2NO. The Kier molecular flexibility index (Phi) is 1.76. The quantitative estimate of drug-likeness (QED) is 0.575. The van der Waals surface area contributed by atoms with E-state index in [0.29, 0.717) is 16.8 Å². The van der Waals surface area contributed by atoms with Crippen molar-refractivity contribution < 1.29 is 4.52 Å². The van der Waals surface area contributed by atoms with Crippen LogP contribution in [0.2, 0.25) is 5.15 Å². The summed E-state index contributed by atoms with van der Waals surface area (Å²) in [7, 11) is 0. The Balaban J connectivity index is 2.84. The Morgan fingerprint density at radius 3 is 2.75 bits per heavy atom. The number of halogens is 2. The fourth-order valence-corrected chi connectivity index (χ4v) is 0.633. The smallest absolute Gasteiger partial charge is 0.172 e. The monoisotopic (exact) mass is 151 g/mol. The van der Waals surface area contributed by atoms with Crippen LogP contribution < -0.4 is 0 Å². The average Bonchev–Trinajstić information content (AvgIpc) is 2.14. The van der Waals surface area contributed by atoms with Crippen LogP contribution in [-0.4, -0.2) is 5.16 Å². The average molecular weight is 152 g/mol. The van der Waals surface area contributed by atoms with E-state index < -0.39 is 0 Å². The van der Waals surface area contributed by atoms with Gasteiger partial charge in [0.25, 0.3) is 0 Å². The maximum Gasteiger partial charge on any atom is 0.172 e. The van der Waals surface area contributed by atoms with E-state index in [4.69, 9.17) is 23.2 Å². The minimum atomic E-state index is 0.319. The summed E-state index contributed by atoms with van der Waals surface area (Å²) in [6.45, 7) is 0. The third-order valence-corrected chi connectivity index (χ3v) is 1.10. The number of aromatic nitrogens is 1. The molecule has 0 aromatic carbocycles. The van der Waals surface area contributed by atoms with Crippen molar-refractivity contribution in [2.24, 2.45) is 0 Å². The molecule has 0 aliphatic carbocycles. The van der Waals surface area contributed by atoms with Gasteiger partial charge in [0.05, 0.1) is 5.88 Å². The molecule has 0 saturated heterocycles. The zero-order chi connectivity index (χ0) is 5.98. The number of alkyl halides is 1. The molecule has 2 nitrogen and oxygen atoms in total. The third kappa shape index (κ3) is 1.14. The largest absolute Gasteiger partial charge is 0.359 e. The van der Waals surface area contributed by atoms with Gasteiger partial charge in [-0.25, -0.2) is 0 Å². The van der Waals surface area contributed by atoms with E-state index >= 15 is 0 Å². The molecule has 1 aromatic rings. The Morgan fingerprint density at radius 2 is 2.50 bits per heavy atom. The molecule has 0 unspecified atom stereocenters. The SMILES string of the molecule is ClCc1cc(Cl)no1. The van der Waals surface area contributed by atoms with Gasteiger partial charge in [-0.05, 0) is 0 Å². The summed E-state index contributed by atoms with van der Waals surface area (Å²) >= 11 is 10.7. The van der Waals surface area contributed by atoms with Crippen LogP contribution in [0.15, 0.2) is 10.6 Å². The van der Waals surface area contributed by atoms with Crippen LogP contribution >= 0.6 is 23.2 Å². The number of hydrogen-bond donors (Lipinski definition) is 0. The number of rotatable bonds is 1. The minimum absolute atomic E-state index is 0.319. The molecule has 1 rings (SSSR count). The molecule has 0 amide bonds. The van der Waals surface area contributed by atoms with E-state index in [9.17, 15) is 0 Å². The first kappa shape index (κ1) is 5.92. The van der Waals surface area contributed by atoms with Gasteiger partial charge < -0.3 is 4.52 Å². The second kappa shape index (κ2) is 2.37. The predicted molar refractivity (Wildman–Crippen MR) is 31.1 cm³/mol. The van der Waals surface area contributed by atoms with Crippen LogP contribution in [0.5, 0.6) is 0 Å². The second-order valence-electron chi connectivity index (χ2n) is 1.25. The molecule has 0 spiro atoms. The van der Waals surface area contributed by atoms with E-state index in [1.165, 1.54) is 0 Å².